The summed E-state index contributed by atoms with van der Waals surface area (Å²) in [4.78, 5) is 38.0. The summed E-state index contributed by atoms with van der Waals surface area (Å²) >= 11 is 0. The zero-order chi connectivity index (χ0) is 23.9. The standard InChI is InChI=1S/C23H27N5O6/c1-23(2)33-13-15(34-23)12-32-19-6-4-5-18(25-19)26-22(30)28-14-9-10-27(11-14)17-8-7-16(21(29)31-3)24-20(17)28/h4-8,14-15H,9-13H2,1-3H3,(H,25,26,30)/t14-,15?/m0/s1. The highest BCUT2D eigenvalue weighted by atomic mass is 16.7. The zero-order valence-corrected chi connectivity index (χ0v) is 19.3. The fraction of sp³-hybridized carbons (Fsp3) is 0.478. The van der Waals surface area contributed by atoms with E-state index >= 15 is 0 Å². The molecule has 11 nitrogen and oxygen atoms in total. The zero-order valence-electron chi connectivity index (χ0n) is 19.3. The maximum absolute atomic E-state index is 13.3. The van der Waals surface area contributed by atoms with Gasteiger partial charge < -0.3 is 23.8 Å². The number of aromatic nitrogens is 2. The molecule has 0 aromatic carbocycles. The molecule has 11 heteroatoms. The average molecular weight is 469 g/mol. The minimum absolute atomic E-state index is 0.0600. The number of urea groups is 1. The van der Waals surface area contributed by atoms with Crippen LogP contribution in [0.4, 0.5) is 22.1 Å². The summed E-state index contributed by atoms with van der Waals surface area (Å²) in [6.45, 7) is 5.95. The Morgan fingerprint density at radius 3 is 2.85 bits per heavy atom. The second kappa shape index (κ2) is 8.73. The molecule has 180 valence electrons. The first-order valence-electron chi connectivity index (χ1n) is 11.2. The van der Waals surface area contributed by atoms with Crippen molar-refractivity contribution in [3.8, 4) is 5.88 Å². The monoisotopic (exact) mass is 469 g/mol. The Bertz CT molecular complexity index is 1110. The topological polar surface area (TPSA) is 115 Å². The van der Waals surface area contributed by atoms with Gasteiger partial charge >= 0.3 is 12.0 Å². The normalized spacial score (nSPS) is 22.3. The lowest BCUT2D eigenvalue weighted by atomic mass is 10.2. The van der Waals surface area contributed by atoms with Crippen LogP contribution >= 0.6 is 0 Å². The number of fused-ring (bicyclic) bond motifs is 4. The van der Waals surface area contributed by atoms with Gasteiger partial charge in [-0.2, -0.15) is 4.98 Å². The van der Waals surface area contributed by atoms with E-state index in [1.165, 1.54) is 7.11 Å². The molecule has 2 atom stereocenters. The van der Waals surface area contributed by atoms with E-state index in [0.717, 1.165) is 18.7 Å². The molecule has 5 rings (SSSR count). The fourth-order valence-corrected chi connectivity index (χ4v) is 4.45. The Labute approximate surface area is 197 Å². The van der Waals surface area contributed by atoms with Crippen molar-refractivity contribution in [2.75, 3.05) is 48.5 Å². The first-order chi connectivity index (χ1) is 16.3. The van der Waals surface area contributed by atoms with Crippen molar-refractivity contribution in [2.45, 2.75) is 38.2 Å². The highest BCUT2D eigenvalue weighted by molar-refractivity contribution is 6.04. The van der Waals surface area contributed by atoms with E-state index in [9.17, 15) is 9.59 Å². The molecule has 0 aliphatic carbocycles. The molecule has 3 aliphatic heterocycles. The number of anilines is 3. The number of amides is 2. The van der Waals surface area contributed by atoms with E-state index in [1.54, 1.807) is 35.2 Å². The Balaban J connectivity index is 1.31. The Morgan fingerprint density at radius 2 is 2.09 bits per heavy atom. The first kappa shape index (κ1) is 22.4. The van der Waals surface area contributed by atoms with Crippen LogP contribution in [-0.2, 0) is 14.2 Å². The van der Waals surface area contributed by atoms with E-state index < -0.39 is 11.8 Å². The highest BCUT2D eigenvalue weighted by Crippen LogP contribution is 2.39. The van der Waals surface area contributed by atoms with Crippen LogP contribution in [-0.4, -0.2) is 73.3 Å². The number of pyridine rings is 2. The molecule has 2 bridgehead atoms. The van der Waals surface area contributed by atoms with Crippen molar-refractivity contribution in [2.24, 2.45) is 0 Å². The van der Waals surface area contributed by atoms with Crippen molar-refractivity contribution in [3.63, 3.8) is 0 Å². The number of hydrogen-bond donors (Lipinski definition) is 1. The minimum atomic E-state index is -0.625. The molecule has 5 heterocycles. The number of hydrogen-bond acceptors (Lipinski definition) is 9. The van der Waals surface area contributed by atoms with Crippen LogP contribution in [0.5, 0.6) is 5.88 Å². The fourth-order valence-electron chi connectivity index (χ4n) is 4.45. The molecule has 0 saturated carbocycles. The van der Waals surface area contributed by atoms with E-state index in [4.69, 9.17) is 18.9 Å². The van der Waals surface area contributed by atoms with Crippen molar-refractivity contribution in [3.05, 3.63) is 36.0 Å². The molecular weight excluding hydrogens is 442 g/mol. The summed E-state index contributed by atoms with van der Waals surface area (Å²) < 4.78 is 21.8. The van der Waals surface area contributed by atoms with Crippen LogP contribution in [0.1, 0.15) is 30.8 Å². The van der Waals surface area contributed by atoms with Gasteiger partial charge in [0.15, 0.2) is 17.3 Å². The molecule has 0 radical (unpaired) electrons. The smallest absolute Gasteiger partial charge is 0.356 e. The summed E-state index contributed by atoms with van der Waals surface area (Å²) in [5.74, 6) is -0.0365. The highest BCUT2D eigenvalue weighted by Gasteiger charge is 2.40. The van der Waals surface area contributed by atoms with Gasteiger partial charge in [-0.15, -0.1) is 0 Å². The third-order valence-corrected chi connectivity index (χ3v) is 6.01. The van der Waals surface area contributed by atoms with Gasteiger partial charge in [0, 0.05) is 19.2 Å². The average Bonchev–Trinajstić information content (AvgIpc) is 3.40. The number of rotatable bonds is 5. The molecule has 2 saturated heterocycles. The van der Waals surface area contributed by atoms with Gasteiger partial charge in [0.2, 0.25) is 5.88 Å². The van der Waals surface area contributed by atoms with Crippen molar-refractivity contribution < 1.29 is 28.5 Å². The molecule has 2 fully saturated rings. The second-order valence-corrected chi connectivity index (χ2v) is 8.84. The summed E-state index contributed by atoms with van der Waals surface area (Å²) in [5.41, 5.74) is 0.958. The molecule has 1 unspecified atom stereocenters. The number of nitrogens with one attached hydrogen (secondary N) is 1. The molecule has 2 amide bonds. The third kappa shape index (κ3) is 4.36. The number of ether oxygens (including phenoxy) is 4. The predicted octanol–water partition coefficient (Wildman–Crippen LogP) is 2.42. The Kier molecular flexibility index (Phi) is 5.74. The summed E-state index contributed by atoms with van der Waals surface area (Å²) in [5, 5.41) is 2.84. The Hall–Kier alpha value is -3.44. The van der Waals surface area contributed by atoms with Gasteiger partial charge in [-0.3, -0.25) is 10.2 Å². The van der Waals surface area contributed by atoms with Crippen molar-refractivity contribution in [1.29, 1.82) is 0 Å². The quantitative estimate of drug-likeness (QED) is 0.659. The number of carbonyl (C=O) groups excluding carboxylic acids is 2. The number of nitrogens with zero attached hydrogens (tertiary/aromatic N) is 4. The first-order valence-corrected chi connectivity index (χ1v) is 11.2. The SMILES string of the molecule is COC(=O)c1ccc2c(n1)N(C(=O)Nc1cccc(OCC3COC(C)(C)O3)n1)[C@H]1CCN2C1. The van der Waals surface area contributed by atoms with Crippen LogP contribution in [0.3, 0.4) is 0 Å². The van der Waals surface area contributed by atoms with E-state index in [-0.39, 0.29) is 30.5 Å². The number of carbonyl (C=O) groups is 2. The summed E-state index contributed by atoms with van der Waals surface area (Å²) in [6.07, 6.45) is 0.605. The third-order valence-electron chi connectivity index (χ3n) is 6.01. The van der Waals surface area contributed by atoms with Crippen LogP contribution < -0.4 is 19.9 Å². The van der Waals surface area contributed by atoms with Gasteiger partial charge in [0.25, 0.3) is 0 Å². The minimum Gasteiger partial charge on any atom is -0.475 e. The summed E-state index contributed by atoms with van der Waals surface area (Å²) in [6, 6.07) is 8.14. The van der Waals surface area contributed by atoms with E-state index in [2.05, 4.69) is 20.2 Å². The molecule has 34 heavy (non-hydrogen) atoms. The molecule has 2 aromatic heterocycles. The number of esters is 1. The lowest BCUT2D eigenvalue weighted by Crippen LogP contribution is -2.48. The maximum atomic E-state index is 13.3. The lowest BCUT2D eigenvalue weighted by molar-refractivity contribution is -0.141. The van der Waals surface area contributed by atoms with Crippen LogP contribution in [0.2, 0.25) is 0 Å². The van der Waals surface area contributed by atoms with Crippen LogP contribution in [0.25, 0.3) is 0 Å². The summed E-state index contributed by atoms with van der Waals surface area (Å²) in [7, 11) is 1.30. The molecular formula is C23H27N5O6. The lowest BCUT2D eigenvalue weighted by Gasteiger charge is -2.35. The van der Waals surface area contributed by atoms with E-state index in [1.807, 2.05) is 13.8 Å². The van der Waals surface area contributed by atoms with Gasteiger partial charge in [-0.1, -0.05) is 6.07 Å². The largest absolute Gasteiger partial charge is 0.475 e. The predicted molar refractivity (Wildman–Crippen MR) is 122 cm³/mol. The van der Waals surface area contributed by atoms with E-state index in [0.29, 0.717) is 30.7 Å². The van der Waals surface area contributed by atoms with Crippen LogP contribution in [0.15, 0.2) is 30.3 Å². The number of methoxy groups -OCH3 is 1. The molecule has 0 spiro atoms. The molecule has 3 aliphatic rings. The van der Waals surface area contributed by atoms with Gasteiger partial charge in [-0.05, 0) is 38.5 Å². The molecule has 2 aromatic rings. The van der Waals surface area contributed by atoms with Crippen molar-refractivity contribution in [1.82, 2.24) is 9.97 Å². The maximum Gasteiger partial charge on any atom is 0.356 e. The van der Waals surface area contributed by atoms with Crippen LogP contribution in [0, 0.1) is 0 Å². The van der Waals surface area contributed by atoms with Crippen molar-refractivity contribution >= 4 is 29.3 Å². The van der Waals surface area contributed by atoms with Gasteiger partial charge in [-0.25, -0.2) is 14.6 Å². The van der Waals surface area contributed by atoms with Gasteiger partial charge in [0.1, 0.15) is 18.5 Å². The Morgan fingerprint density at radius 1 is 1.24 bits per heavy atom. The van der Waals surface area contributed by atoms with Gasteiger partial charge in [0.05, 0.1) is 25.4 Å². The second-order valence-electron chi connectivity index (χ2n) is 8.84. The molecule has 1 N–H and O–H groups in total.